The van der Waals surface area contributed by atoms with E-state index >= 15 is 0 Å². The molecule has 2 aromatic heterocycles. The fraction of sp³-hybridized carbons (Fsp3) is 0.200. The highest BCUT2D eigenvalue weighted by Crippen LogP contribution is 2.25. The number of aromatic nitrogens is 2. The SMILES string of the molecule is NCCc1cc(-c2nc(Cl)cs2)ccn1. The zero-order chi connectivity index (χ0) is 10.7. The van der Waals surface area contributed by atoms with Crippen molar-refractivity contribution in [3.63, 3.8) is 0 Å². The minimum absolute atomic E-state index is 0.534. The number of hydrogen-bond acceptors (Lipinski definition) is 4. The highest BCUT2D eigenvalue weighted by molar-refractivity contribution is 7.13. The lowest BCUT2D eigenvalue weighted by molar-refractivity contribution is 0.924. The third-order valence-corrected chi connectivity index (χ3v) is 3.15. The van der Waals surface area contributed by atoms with Crippen molar-refractivity contribution in [3.05, 3.63) is 34.6 Å². The van der Waals surface area contributed by atoms with Gasteiger partial charge in [0, 0.05) is 29.3 Å². The van der Waals surface area contributed by atoms with Crippen LogP contribution >= 0.6 is 22.9 Å². The smallest absolute Gasteiger partial charge is 0.140 e. The molecule has 2 N–H and O–H groups in total. The summed E-state index contributed by atoms with van der Waals surface area (Å²) in [7, 11) is 0. The molecule has 0 amide bonds. The molecule has 0 saturated carbocycles. The molecule has 0 unspecified atom stereocenters. The van der Waals surface area contributed by atoms with Crippen LogP contribution in [0.15, 0.2) is 23.7 Å². The van der Waals surface area contributed by atoms with Crippen molar-refractivity contribution in [3.8, 4) is 10.6 Å². The Morgan fingerprint density at radius 1 is 1.47 bits per heavy atom. The number of hydrogen-bond donors (Lipinski definition) is 1. The van der Waals surface area contributed by atoms with Crippen molar-refractivity contribution in [1.29, 1.82) is 0 Å². The summed E-state index contributed by atoms with van der Waals surface area (Å²) in [5.74, 6) is 0. The molecule has 78 valence electrons. The first-order valence-corrected chi connectivity index (χ1v) is 5.82. The predicted octanol–water partition coefficient (Wildman–Crippen LogP) is 2.36. The Kier molecular flexibility index (Phi) is 3.30. The quantitative estimate of drug-likeness (QED) is 0.895. The van der Waals surface area contributed by atoms with Gasteiger partial charge in [0.25, 0.3) is 0 Å². The lowest BCUT2D eigenvalue weighted by Gasteiger charge is -2.00. The van der Waals surface area contributed by atoms with E-state index in [1.165, 1.54) is 11.3 Å². The molecule has 0 atom stereocenters. The molecule has 0 aliphatic rings. The van der Waals surface area contributed by atoms with E-state index in [2.05, 4.69) is 9.97 Å². The minimum atomic E-state index is 0.534. The van der Waals surface area contributed by atoms with Gasteiger partial charge in [0.05, 0.1) is 0 Å². The minimum Gasteiger partial charge on any atom is -0.330 e. The molecule has 0 bridgehead atoms. The fourth-order valence-corrected chi connectivity index (χ4v) is 2.23. The molecule has 5 heteroatoms. The van der Waals surface area contributed by atoms with Gasteiger partial charge in [-0.3, -0.25) is 4.98 Å². The Labute approximate surface area is 96.9 Å². The number of nitrogens with zero attached hydrogens (tertiary/aromatic N) is 2. The predicted molar refractivity (Wildman–Crippen MR) is 63.1 cm³/mol. The standard InChI is InChI=1S/C10H10ClN3S/c11-9-6-15-10(14-9)7-2-4-13-8(5-7)1-3-12/h2,4-6H,1,3,12H2. The summed E-state index contributed by atoms with van der Waals surface area (Å²) < 4.78 is 0. The maximum atomic E-state index is 5.77. The van der Waals surface area contributed by atoms with Crippen LogP contribution in [0.4, 0.5) is 0 Å². The molecule has 0 fully saturated rings. The summed E-state index contributed by atoms with van der Waals surface area (Å²) in [6, 6.07) is 3.93. The molecule has 0 aliphatic heterocycles. The molecule has 0 radical (unpaired) electrons. The normalized spacial score (nSPS) is 10.5. The van der Waals surface area contributed by atoms with Crippen molar-refractivity contribution in [2.75, 3.05) is 6.54 Å². The van der Waals surface area contributed by atoms with Crippen molar-refractivity contribution in [2.45, 2.75) is 6.42 Å². The largest absolute Gasteiger partial charge is 0.330 e. The van der Waals surface area contributed by atoms with Crippen LogP contribution in [0.1, 0.15) is 5.69 Å². The van der Waals surface area contributed by atoms with Gasteiger partial charge in [-0.05, 0) is 18.7 Å². The highest BCUT2D eigenvalue weighted by Gasteiger charge is 2.04. The van der Waals surface area contributed by atoms with E-state index in [1.54, 1.807) is 6.20 Å². The Morgan fingerprint density at radius 2 is 2.33 bits per heavy atom. The van der Waals surface area contributed by atoms with E-state index in [-0.39, 0.29) is 0 Å². The molecular formula is C10H10ClN3S. The van der Waals surface area contributed by atoms with Crippen LogP contribution in [-0.4, -0.2) is 16.5 Å². The number of nitrogens with two attached hydrogens (primary N) is 1. The van der Waals surface area contributed by atoms with Gasteiger partial charge >= 0.3 is 0 Å². The molecule has 2 rings (SSSR count). The van der Waals surface area contributed by atoms with Gasteiger partial charge in [-0.15, -0.1) is 11.3 Å². The zero-order valence-electron chi connectivity index (χ0n) is 7.98. The molecule has 0 aliphatic carbocycles. The molecule has 15 heavy (non-hydrogen) atoms. The average molecular weight is 240 g/mol. The van der Waals surface area contributed by atoms with Gasteiger partial charge < -0.3 is 5.73 Å². The average Bonchev–Trinajstić information content (AvgIpc) is 2.66. The lowest BCUT2D eigenvalue weighted by Crippen LogP contribution is -2.04. The summed E-state index contributed by atoms with van der Waals surface area (Å²) in [5.41, 5.74) is 7.51. The van der Waals surface area contributed by atoms with Gasteiger partial charge in [0.1, 0.15) is 10.2 Å². The monoisotopic (exact) mass is 239 g/mol. The molecule has 2 aromatic rings. The van der Waals surface area contributed by atoms with Gasteiger partial charge in [0.2, 0.25) is 0 Å². The van der Waals surface area contributed by atoms with Crippen molar-refractivity contribution in [2.24, 2.45) is 5.73 Å². The second kappa shape index (κ2) is 4.70. The molecule has 0 spiro atoms. The van der Waals surface area contributed by atoms with Crippen LogP contribution < -0.4 is 5.73 Å². The maximum Gasteiger partial charge on any atom is 0.140 e. The third kappa shape index (κ3) is 2.53. The Balaban J connectivity index is 2.32. The zero-order valence-corrected chi connectivity index (χ0v) is 9.55. The fourth-order valence-electron chi connectivity index (χ4n) is 1.28. The van der Waals surface area contributed by atoms with Crippen LogP contribution in [0.5, 0.6) is 0 Å². The van der Waals surface area contributed by atoms with E-state index in [1.807, 2.05) is 17.5 Å². The van der Waals surface area contributed by atoms with Crippen LogP contribution in [0, 0.1) is 0 Å². The summed E-state index contributed by atoms with van der Waals surface area (Å²) in [4.78, 5) is 8.43. The first-order valence-electron chi connectivity index (χ1n) is 4.56. The lowest BCUT2D eigenvalue weighted by atomic mass is 10.2. The van der Waals surface area contributed by atoms with Gasteiger partial charge in [-0.25, -0.2) is 4.98 Å². The van der Waals surface area contributed by atoms with E-state index in [0.717, 1.165) is 22.7 Å². The molecule has 0 aromatic carbocycles. The van der Waals surface area contributed by atoms with Crippen LogP contribution in [0.3, 0.4) is 0 Å². The van der Waals surface area contributed by atoms with Gasteiger partial charge in [-0.2, -0.15) is 0 Å². The molecule has 3 nitrogen and oxygen atoms in total. The van der Waals surface area contributed by atoms with Crippen LogP contribution in [0.25, 0.3) is 10.6 Å². The van der Waals surface area contributed by atoms with E-state index < -0.39 is 0 Å². The van der Waals surface area contributed by atoms with Crippen LogP contribution in [0.2, 0.25) is 5.15 Å². The number of halogens is 1. The first-order chi connectivity index (χ1) is 7.29. The van der Waals surface area contributed by atoms with Crippen molar-refractivity contribution >= 4 is 22.9 Å². The second-order valence-corrected chi connectivity index (χ2v) is 4.30. The second-order valence-electron chi connectivity index (χ2n) is 3.05. The molecule has 2 heterocycles. The summed E-state index contributed by atoms with van der Waals surface area (Å²) >= 11 is 7.30. The van der Waals surface area contributed by atoms with Gasteiger partial charge in [0.15, 0.2) is 0 Å². The van der Waals surface area contributed by atoms with Crippen LogP contribution in [-0.2, 0) is 6.42 Å². The number of rotatable bonds is 3. The first kappa shape index (κ1) is 10.5. The Hall–Kier alpha value is -0.970. The van der Waals surface area contributed by atoms with E-state index in [9.17, 15) is 0 Å². The summed E-state index contributed by atoms with van der Waals surface area (Å²) in [6.45, 7) is 0.606. The maximum absolute atomic E-state index is 5.77. The number of pyridine rings is 1. The third-order valence-electron chi connectivity index (χ3n) is 1.94. The summed E-state index contributed by atoms with van der Waals surface area (Å²) in [5, 5.41) is 3.27. The van der Waals surface area contributed by atoms with E-state index in [4.69, 9.17) is 17.3 Å². The van der Waals surface area contributed by atoms with Crippen molar-refractivity contribution < 1.29 is 0 Å². The van der Waals surface area contributed by atoms with Gasteiger partial charge in [-0.1, -0.05) is 11.6 Å². The van der Waals surface area contributed by atoms with Crippen molar-refractivity contribution in [1.82, 2.24) is 9.97 Å². The van der Waals surface area contributed by atoms with E-state index in [0.29, 0.717) is 11.7 Å². The highest BCUT2D eigenvalue weighted by atomic mass is 35.5. The Bertz CT molecular complexity index is 455. The molecular weight excluding hydrogens is 230 g/mol. The Morgan fingerprint density at radius 3 is 3.00 bits per heavy atom. The summed E-state index contributed by atoms with van der Waals surface area (Å²) in [6.07, 6.45) is 2.56. The molecule has 0 saturated heterocycles. The number of thiazole rings is 1. The topological polar surface area (TPSA) is 51.8 Å².